The van der Waals surface area contributed by atoms with Gasteiger partial charge in [-0.3, -0.25) is 4.79 Å². The van der Waals surface area contributed by atoms with E-state index >= 15 is 0 Å². The van der Waals surface area contributed by atoms with E-state index in [0.29, 0.717) is 17.5 Å². The van der Waals surface area contributed by atoms with Crippen molar-refractivity contribution >= 4 is 27.7 Å². The molecule has 2 heterocycles. The van der Waals surface area contributed by atoms with Crippen molar-refractivity contribution in [1.82, 2.24) is 9.21 Å². The molecule has 2 saturated heterocycles. The van der Waals surface area contributed by atoms with E-state index in [1.54, 1.807) is 11.8 Å². The van der Waals surface area contributed by atoms with Gasteiger partial charge < -0.3 is 4.90 Å². The smallest absolute Gasteiger partial charge is 0.241 e. The number of carbonyl (C=O) groups excluding carboxylic acids is 1. The molecule has 7 heteroatoms. The highest BCUT2D eigenvalue weighted by Crippen LogP contribution is 2.31. The largest absolute Gasteiger partial charge is 0.341 e. The Morgan fingerprint density at radius 1 is 1.09 bits per heavy atom. The van der Waals surface area contributed by atoms with Crippen LogP contribution in [0.2, 0.25) is 0 Å². The fraction of sp³-hybridized carbons (Fsp3) is 0.933. The maximum Gasteiger partial charge on any atom is 0.241 e. The van der Waals surface area contributed by atoms with E-state index in [4.69, 9.17) is 0 Å². The number of thioether (sulfide) groups is 1. The summed E-state index contributed by atoms with van der Waals surface area (Å²) in [6, 6.07) is -0.461. The summed E-state index contributed by atoms with van der Waals surface area (Å²) in [5.41, 5.74) is 0. The lowest BCUT2D eigenvalue weighted by Crippen LogP contribution is -2.48. The van der Waals surface area contributed by atoms with Crippen molar-refractivity contribution < 1.29 is 13.2 Å². The topological polar surface area (TPSA) is 57.7 Å². The summed E-state index contributed by atoms with van der Waals surface area (Å²) < 4.78 is 26.8. The van der Waals surface area contributed by atoms with Gasteiger partial charge in [0.25, 0.3) is 0 Å². The van der Waals surface area contributed by atoms with Crippen LogP contribution in [0.4, 0.5) is 0 Å². The molecule has 0 aromatic rings. The quantitative estimate of drug-likeness (QED) is 0.763. The average Bonchev–Trinajstić information content (AvgIpc) is 3.26. The van der Waals surface area contributed by atoms with Crippen LogP contribution in [0.5, 0.6) is 0 Å². The third kappa shape index (κ3) is 3.62. The van der Waals surface area contributed by atoms with E-state index in [2.05, 4.69) is 0 Å². The zero-order valence-corrected chi connectivity index (χ0v) is 14.7. The van der Waals surface area contributed by atoms with Crippen molar-refractivity contribution in [3.05, 3.63) is 0 Å². The van der Waals surface area contributed by atoms with Gasteiger partial charge in [0.15, 0.2) is 0 Å². The summed E-state index contributed by atoms with van der Waals surface area (Å²) in [6.07, 6.45) is 7.65. The molecule has 3 fully saturated rings. The number of nitrogens with zero attached hydrogens (tertiary/aromatic N) is 2. The van der Waals surface area contributed by atoms with Gasteiger partial charge >= 0.3 is 0 Å². The van der Waals surface area contributed by atoms with Crippen LogP contribution in [-0.4, -0.2) is 60.0 Å². The van der Waals surface area contributed by atoms with Crippen molar-refractivity contribution in [2.24, 2.45) is 5.92 Å². The van der Waals surface area contributed by atoms with Gasteiger partial charge in [0.1, 0.15) is 6.04 Å². The number of rotatable bonds is 5. The molecule has 1 amide bonds. The highest BCUT2D eigenvalue weighted by atomic mass is 32.2. The SMILES string of the molecule is O=C(C1CSCN1S(=O)(=O)CCC1CCCC1)N1CCCC1. The second kappa shape index (κ2) is 7.09. The van der Waals surface area contributed by atoms with Crippen molar-refractivity contribution in [3.63, 3.8) is 0 Å². The Bertz CT molecular complexity index is 497. The number of hydrogen-bond donors (Lipinski definition) is 0. The van der Waals surface area contributed by atoms with Gasteiger partial charge in [-0.1, -0.05) is 25.7 Å². The summed E-state index contributed by atoms with van der Waals surface area (Å²) in [4.78, 5) is 14.4. The Labute approximate surface area is 137 Å². The maximum absolute atomic E-state index is 12.7. The van der Waals surface area contributed by atoms with Gasteiger partial charge in [0.2, 0.25) is 15.9 Å². The Morgan fingerprint density at radius 3 is 2.45 bits per heavy atom. The van der Waals surface area contributed by atoms with Crippen LogP contribution in [0, 0.1) is 5.92 Å². The Kier molecular flexibility index (Phi) is 5.35. The minimum absolute atomic E-state index is 0.0203. The van der Waals surface area contributed by atoms with Crippen LogP contribution < -0.4 is 0 Å². The molecule has 0 spiro atoms. The van der Waals surface area contributed by atoms with E-state index in [1.807, 2.05) is 4.90 Å². The summed E-state index contributed by atoms with van der Waals surface area (Å²) in [6.45, 7) is 1.58. The van der Waals surface area contributed by atoms with Crippen molar-refractivity contribution in [1.29, 1.82) is 0 Å². The molecule has 0 aromatic carbocycles. The Hall–Kier alpha value is -0.270. The molecule has 2 aliphatic heterocycles. The maximum atomic E-state index is 12.7. The first-order valence-electron chi connectivity index (χ1n) is 8.44. The third-order valence-electron chi connectivity index (χ3n) is 5.16. The molecule has 1 atom stereocenters. The van der Waals surface area contributed by atoms with E-state index in [-0.39, 0.29) is 11.7 Å². The molecule has 1 aliphatic carbocycles. The molecule has 3 aliphatic rings. The molecule has 22 heavy (non-hydrogen) atoms. The average molecular weight is 347 g/mol. The molecule has 3 rings (SSSR count). The van der Waals surface area contributed by atoms with Gasteiger partial charge in [-0.15, -0.1) is 11.8 Å². The zero-order chi connectivity index (χ0) is 15.6. The fourth-order valence-corrected chi connectivity index (χ4v) is 7.17. The highest BCUT2D eigenvalue weighted by Gasteiger charge is 2.41. The van der Waals surface area contributed by atoms with Crippen LogP contribution >= 0.6 is 11.8 Å². The summed E-state index contributed by atoms with van der Waals surface area (Å²) in [7, 11) is -3.31. The molecule has 5 nitrogen and oxygen atoms in total. The highest BCUT2D eigenvalue weighted by molar-refractivity contribution is 8.00. The molecular weight excluding hydrogens is 320 g/mol. The van der Waals surface area contributed by atoms with Crippen LogP contribution in [0.3, 0.4) is 0 Å². The second-order valence-corrected chi connectivity index (χ2v) is 9.73. The molecule has 0 radical (unpaired) electrons. The summed E-state index contributed by atoms with van der Waals surface area (Å²) >= 11 is 1.56. The fourth-order valence-electron chi connectivity index (χ4n) is 3.78. The van der Waals surface area contributed by atoms with Crippen LogP contribution in [0.25, 0.3) is 0 Å². The normalized spacial score (nSPS) is 27.8. The monoisotopic (exact) mass is 346 g/mol. The molecule has 0 bridgehead atoms. The van der Waals surface area contributed by atoms with Gasteiger partial charge in [0, 0.05) is 18.8 Å². The standard InChI is InChI=1S/C15H26N2O3S2/c18-15(16-8-3-4-9-16)14-11-21-12-17(14)22(19,20)10-7-13-5-1-2-6-13/h13-14H,1-12H2. The number of carbonyl (C=O) groups is 1. The zero-order valence-electron chi connectivity index (χ0n) is 13.1. The van der Waals surface area contributed by atoms with Crippen LogP contribution in [-0.2, 0) is 14.8 Å². The van der Waals surface area contributed by atoms with E-state index < -0.39 is 16.1 Å². The lowest BCUT2D eigenvalue weighted by Gasteiger charge is -2.26. The second-order valence-electron chi connectivity index (χ2n) is 6.69. The third-order valence-corrected chi connectivity index (χ3v) is 8.19. The number of sulfonamides is 1. The minimum atomic E-state index is -3.31. The summed E-state index contributed by atoms with van der Waals surface area (Å²) in [5.74, 6) is 1.85. The Morgan fingerprint density at radius 2 is 1.77 bits per heavy atom. The first kappa shape index (κ1) is 16.6. The van der Waals surface area contributed by atoms with Gasteiger partial charge in [0.05, 0.1) is 11.6 Å². The minimum Gasteiger partial charge on any atom is -0.341 e. The number of amides is 1. The van der Waals surface area contributed by atoms with Crippen molar-refractivity contribution in [2.45, 2.75) is 51.0 Å². The van der Waals surface area contributed by atoms with Crippen molar-refractivity contribution in [2.75, 3.05) is 30.5 Å². The van der Waals surface area contributed by atoms with Gasteiger partial charge in [-0.25, -0.2) is 8.42 Å². The van der Waals surface area contributed by atoms with E-state index in [1.165, 1.54) is 30.0 Å². The first-order chi connectivity index (χ1) is 10.6. The van der Waals surface area contributed by atoms with Crippen LogP contribution in [0.15, 0.2) is 0 Å². The lowest BCUT2D eigenvalue weighted by atomic mass is 10.1. The van der Waals surface area contributed by atoms with E-state index in [9.17, 15) is 13.2 Å². The molecule has 126 valence electrons. The van der Waals surface area contributed by atoms with E-state index in [0.717, 1.165) is 32.4 Å². The van der Waals surface area contributed by atoms with Crippen molar-refractivity contribution in [3.8, 4) is 0 Å². The molecular formula is C15H26N2O3S2. The predicted molar refractivity (Wildman–Crippen MR) is 89.1 cm³/mol. The Balaban J connectivity index is 1.61. The van der Waals surface area contributed by atoms with Gasteiger partial charge in [-0.05, 0) is 25.2 Å². The van der Waals surface area contributed by atoms with Gasteiger partial charge in [-0.2, -0.15) is 4.31 Å². The predicted octanol–water partition coefficient (Wildman–Crippen LogP) is 1.89. The first-order valence-corrected chi connectivity index (χ1v) is 11.2. The molecule has 0 aromatic heterocycles. The summed E-state index contributed by atoms with van der Waals surface area (Å²) in [5, 5.41) is 0. The lowest BCUT2D eigenvalue weighted by molar-refractivity contribution is -0.133. The molecule has 0 N–H and O–H groups in total. The number of hydrogen-bond acceptors (Lipinski definition) is 4. The number of likely N-dealkylation sites (tertiary alicyclic amines) is 1. The molecule has 1 unspecified atom stereocenters. The van der Waals surface area contributed by atoms with Crippen LogP contribution in [0.1, 0.15) is 44.9 Å². The molecule has 1 saturated carbocycles.